The summed E-state index contributed by atoms with van der Waals surface area (Å²) in [6, 6.07) is 7.49. The first-order valence-corrected chi connectivity index (χ1v) is 8.86. The Balaban J connectivity index is 1.43. The zero-order chi connectivity index (χ0) is 16.1. The number of hydrogen-bond acceptors (Lipinski definition) is 3. The van der Waals surface area contributed by atoms with Crippen LogP contribution >= 0.6 is 11.6 Å². The molecule has 2 heterocycles. The number of halogens is 1. The summed E-state index contributed by atoms with van der Waals surface area (Å²) < 4.78 is 11.4. The first kappa shape index (κ1) is 16.6. The molecule has 1 aromatic rings. The maximum Gasteiger partial charge on any atom is 0.222 e. The van der Waals surface area contributed by atoms with Gasteiger partial charge in [0, 0.05) is 50.6 Å². The molecule has 1 atom stereocenters. The molecular formula is C18H24ClNO3. The van der Waals surface area contributed by atoms with Crippen molar-refractivity contribution in [2.75, 3.05) is 26.3 Å². The monoisotopic (exact) mass is 337 g/mol. The van der Waals surface area contributed by atoms with E-state index in [-0.39, 0.29) is 12.0 Å². The van der Waals surface area contributed by atoms with E-state index in [0.717, 1.165) is 57.7 Å². The van der Waals surface area contributed by atoms with Gasteiger partial charge in [0.15, 0.2) is 0 Å². The smallest absolute Gasteiger partial charge is 0.222 e. The largest absolute Gasteiger partial charge is 0.490 e. The van der Waals surface area contributed by atoms with Gasteiger partial charge in [-0.2, -0.15) is 0 Å². The molecule has 2 aliphatic rings. The summed E-state index contributed by atoms with van der Waals surface area (Å²) in [5.74, 6) is 1.47. The average Bonchev–Trinajstić information content (AvgIpc) is 2.56. The molecule has 0 saturated carbocycles. The van der Waals surface area contributed by atoms with E-state index in [4.69, 9.17) is 21.1 Å². The Morgan fingerprint density at radius 3 is 2.83 bits per heavy atom. The van der Waals surface area contributed by atoms with E-state index in [9.17, 15) is 4.79 Å². The van der Waals surface area contributed by atoms with Crippen LogP contribution in [0.15, 0.2) is 24.3 Å². The van der Waals surface area contributed by atoms with Crippen LogP contribution in [0.1, 0.15) is 32.1 Å². The molecule has 0 radical (unpaired) electrons. The molecule has 2 aliphatic heterocycles. The number of carbonyl (C=O) groups excluding carboxylic acids is 1. The molecule has 0 bridgehead atoms. The van der Waals surface area contributed by atoms with Crippen LogP contribution in [0, 0.1) is 5.92 Å². The Bertz CT molecular complexity index is 523. The van der Waals surface area contributed by atoms with E-state index in [1.54, 1.807) is 0 Å². The number of piperidine rings is 1. The molecule has 0 aliphatic carbocycles. The molecule has 3 rings (SSSR count). The second kappa shape index (κ2) is 8.02. The molecule has 0 N–H and O–H groups in total. The van der Waals surface area contributed by atoms with Crippen LogP contribution in [0.4, 0.5) is 0 Å². The van der Waals surface area contributed by atoms with Gasteiger partial charge < -0.3 is 14.4 Å². The second-order valence-corrected chi connectivity index (χ2v) is 6.88. The summed E-state index contributed by atoms with van der Waals surface area (Å²) in [5.41, 5.74) is 0. The minimum atomic E-state index is 0.163. The molecule has 0 aromatic heterocycles. The van der Waals surface area contributed by atoms with Crippen LogP contribution in [0.3, 0.4) is 0 Å². The fourth-order valence-electron chi connectivity index (χ4n) is 3.30. The maximum atomic E-state index is 12.4. The fourth-order valence-corrected chi connectivity index (χ4v) is 3.48. The van der Waals surface area contributed by atoms with Crippen molar-refractivity contribution in [3.05, 3.63) is 29.3 Å². The van der Waals surface area contributed by atoms with Crippen LogP contribution in [0.25, 0.3) is 0 Å². The summed E-state index contributed by atoms with van der Waals surface area (Å²) >= 11 is 5.98. The van der Waals surface area contributed by atoms with Crippen LogP contribution in [0.2, 0.25) is 5.02 Å². The molecule has 126 valence electrons. The lowest BCUT2D eigenvalue weighted by Gasteiger charge is -2.33. The second-order valence-electron chi connectivity index (χ2n) is 6.44. The topological polar surface area (TPSA) is 38.8 Å². The van der Waals surface area contributed by atoms with Gasteiger partial charge in [0.2, 0.25) is 5.91 Å². The number of hydrogen-bond donors (Lipinski definition) is 0. The Morgan fingerprint density at radius 1 is 1.30 bits per heavy atom. The third-order valence-electron chi connectivity index (χ3n) is 4.61. The zero-order valence-corrected chi connectivity index (χ0v) is 14.1. The van der Waals surface area contributed by atoms with E-state index >= 15 is 0 Å². The third kappa shape index (κ3) is 4.85. The molecule has 2 saturated heterocycles. The van der Waals surface area contributed by atoms with Gasteiger partial charge in [0.05, 0.1) is 0 Å². The normalized spacial score (nSPS) is 22.8. The molecule has 4 nitrogen and oxygen atoms in total. The molecule has 2 fully saturated rings. The van der Waals surface area contributed by atoms with Gasteiger partial charge in [-0.25, -0.2) is 0 Å². The minimum absolute atomic E-state index is 0.163. The number of rotatable bonds is 4. The first-order chi connectivity index (χ1) is 11.2. The van der Waals surface area contributed by atoms with Gasteiger partial charge in [0.25, 0.3) is 0 Å². The van der Waals surface area contributed by atoms with Crippen molar-refractivity contribution in [1.29, 1.82) is 0 Å². The van der Waals surface area contributed by atoms with E-state index in [2.05, 4.69) is 0 Å². The number of likely N-dealkylation sites (tertiary alicyclic amines) is 1. The van der Waals surface area contributed by atoms with Crippen molar-refractivity contribution in [2.24, 2.45) is 5.92 Å². The van der Waals surface area contributed by atoms with Crippen molar-refractivity contribution < 1.29 is 14.3 Å². The lowest BCUT2D eigenvalue weighted by atomic mass is 9.97. The first-order valence-electron chi connectivity index (χ1n) is 8.48. The molecule has 0 unspecified atom stereocenters. The Morgan fingerprint density at radius 2 is 2.13 bits per heavy atom. The molecule has 5 heteroatoms. The van der Waals surface area contributed by atoms with Crippen LogP contribution in [-0.4, -0.2) is 43.2 Å². The molecule has 23 heavy (non-hydrogen) atoms. The highest BCUT2D eigenvalue weighted by atomic mass is 35.5. The summed E-state index contributed by atoms with van der Waals surface area (Å²) in [4.78, 5) is 14.4. The van der Waals surface area contributed by atoms with Gasteiger partial charge in [-0.15, -0.1) is 0 Å². The Hall–Kier alpha value is -1.26. The van der Waals surface area contributed by atoms with E-state index in [0.29, 0.717) is 17.4 Å². The molecule has 1 amide bonds. The standard InChI is InChI=1S/C18H24ClNO3/c19-15-4-1-5-17(12-15)23-16-6-8-20(9-7-16)18(21)11-14-3-2-10-22-13-14/h1,4-5,12,14,16H,2-3,6-11,13H2/t14-/m1/s1. The number of carbonyl (C=O) groups is 1. The van der Waals surface area contributed by atoms with Gasteiger partial charge >= 0.3 is 0 Å². The third-order valence-corrected chi connectivity index (χ3v) is 4.85. The predicted molar refractivity (Wildman–Crippen MR) is 89.8 cm³/mol. The van der Waals surface area contributed by atoms with E-state index in [1.807, 2.05) is 29.2 Å². The van der Waals surface area contributed by atoms with Crippen molar-refractivity contribution >= 4 is 17.5 Å². The quantitative estimate of drug-likeness (QED) is 0.843. The maximum absolute atomic E-state index is 12.4. The summed E-state index contributed by atoms with van der Waals surface area (Å²) in [6.07, 6.45) is 4.72. The number of nitrogens with zero attached hydrogens (tertiary/aromatic N) is 1. The van der Waals surface area contributed by atoms with Crippen LogP contribution in [-0.2, 0) is 9.53 Å². The Labute approximate surface area is 142 Å². The fraction of sp³-hybridized carbons (Fsp3) is 0.611. The number of benzene rings is 1. The van der Waals surface area contributed by atoms with Crippen LogP contribution < -0.4 is 4.74 Å². The van der Waals surface area contributed by atoms with Gasteiger partial charge in [-0.1, -0.05) is 17.7 Å². The highest BCUT2D eigenvalue weighted by Gasteiger charge is 2.26. The van der Waals surface area contributed by atoms with Crippen LogP contribution in [0.5, 0.6) is 5.75 Å². The lowest BCUT2D eigenvalue weighted by Crippen LogP contribution is -2.42. The van der Waals surface area contributed by atoms with Crippen molar-refractivity contribution in [2.45, 2.75) is 38.2 Å². The lowest BCUT2D eigenvalue weighted by molar-refractivity contribution is -0.135. The summed E-state index contributed by atoms with van der Waals surface area (Å²) in [5, 5.41) is 0.685. The van der Waals surface area contributed by atoms with Crippen molar-refractivity contribution in [1.82, 2.24) is 4.90 Å². The number of ether oxygens (including phenoxy) is 2. The molecule has 0 spiro atoms. The summed E-state index contributed by atoms with van der Waals surface area (Å²) in [6.45, 7) is 3.13. The highest BCUT2D eigenvalue weighted by molar-refractivity contribution is 6.30. The highest BCUT2D eigenvalue weighted by Crippen LogP contribution is 2.23. The van der Waals surface area contributed by atoms with E-state index in [1.165, 1.54) is 0 Å². The zero-order valence-electron chi connectivity index (χ0n) is 13.4. The van der Waals surface area contributed by atoms with Gasteiger partial charge in [-0.05, 0) is 37.0 Å². The summed E-state index contributed by atoms with van der Waals surface area (Å²) in [7, 11) is 0. The number of amides is 1. The SMILES string of the molecule is O=C(C[C@H]1CCCOC1)N1CCC(Oc2cccc(Cl)c2)CC1. The predicted octanol–water partition coefficient (Wildman–Crippen LogP) is 3.53. The molecule has 1 aromatic carbocycles. The molecular weight excluding hydrogens is 314 g/mol. The van der Waals surface area contributed by atoms with Gasteiger partial charge in [-0.3, -0.25) is 4.79 Å². The van der Waals surface area contributed by atoms with E-state index < -0.39 is 0 Å². The minimum Gasteiger partial charge on any atom is -0.490 e. The van der Waals surface area contributed by atoms with Crippen molar-refractivity contribution in [3.63, 3.8) is 0 Å². The Kier molecular flexibility index (Phi) is 5.79. The average molecular weight is 338 g/mol. The van der Waals surface area contributed by atoms with Crippen molar-refractivity contribution in [3.8, 4) is 5.75 Å². The van der Waals surface area contributed by atoms with Gasteiger partial charge in [0.1, 0.15) is 11.9 Å².